The molecule has 0 unspecified atom stereocenters. The third-order valence-corrected chi connectivity index (χ3v) is 5.20. The SMILES string of the molecule is COCCN1C(=O)C(=O)/C(=C(/O)c2ccc(OC)cc2C)[C@@H]1c1ccccc1OC. The number of nitrogens with zero attached hydrogens (tertiary/aromatic N) is 1. The number of hydrogen-bond acceptors (Lipinski definition) is 6. The zero-order chi connectivity index (χ0) is 21.8. The molecule has 30 heavy (non-hydrogen) atoms. The van der Waals surface area contributed by atoms with Crippen molar-refractivity contribution in [1.29, 1.82) is 0 Å². The molecule has 1 fully saturated rings. The van der Waals surface area contributed by atoms with E-state index in [-0.39, 0.29) is 24.5 Å². The highest BCUT2D eigenvalue weighted by molar-refractivity contribution is 6.46. The van der Waals surface area contributed by atoms with Gasteiger partial charge in [-0.15, -0.1) is 0 Å². The van der Waals surface area contributed by atoms with E-state index in [1.165, 1.54) is 19.1 Å². The third-order valence-electron chi connectivity index (χ3n) is 5.20. The third kappa shape index (κ3) is 3.76. The zero-order valence-electron chi connectivity index (χ0n) is 17.5. The number of para-hydroxylation sites is 1. The number of likely N-dealkylation sites (tertiary alicyclic amines) is 1. The second-order valence-corrected chi connectivity index (χ2v) is 6.91. The highest BCUT2D eigenvalue weighted by atomic mass is 16.5. The van der Waals surface area contributed by atoms with E-state index in [2.05, 4.69) is 0 Å². The Morgan fingerprint density at radius 1 is 1.07 bits per heavy atom. The highest BCUT2D eigenvalue weighted by Crippen LogP contribution is 2.42. The van der Waals surface area contributed by atoms with Gasteiger partial charge >= 0.3 is 0 Å². The van der Waals surface area contributed by atoms with E-state index in [0.29, 0.717) is 28.2 Å². The highest BCUT2D eigenvalue weighted by Gasteiger charge is 2.46. The molecule has 7 heteroatoms. The molecule has 0 radical (unpaired) electrons. The van der Waals surface area contributed by atoms with E-state index in [4.69, 9.17) is 14.2 Å². The summed E-state index contributed by atoms with van der Waals surface area (Å²) < 4.78 is 15.8. The number of amides is 1. The van der Waals surface area contributed by atoms with Crippen LogP contribution in [-0.4, -0.2) is 56.2 Å². The Labute approximate surface area is 175 Å². The van der Waals surface area contributed by atoms with Crippen LogP contribution in [0.15, 0.2) is 48.0 Å². The van der Waals surface area contributed by atoms with Crippen LogP contribution in [0.25, 0.3) is 5.76 Å². The molecule has 0 spiro atoms. The zero-order valence-corrected chi connectivity index (χ0v) is 17.5. The number of methoxy groups -OCH3 is 3. The minimum Gasteiger partial charge on any atom is -0.507 e. The Hall–Kier alpha value is -3.32. The van der Waals surface area contributed by atoms with E-state index in [9.17, 15) is 14.7 Å². The Kier molecular flexibility index (Phi) is 6.42. The van der Waals surface area contributed by atoms with Crippen molar-refractivity contribution in [3.05, 3.63) is 64.7 Å². The molecule has 0 saturated carbocycles. The van der Waals surface area contributed by atoms with Gasteiger partial charge in [0.2, 0.25) is 0 Å². The van der Waals surface area contributed by atoms with Gasteiger partial charge in [0.15, 0.2) is 0 Å². The van der Waals surface area contributed by atoms with Crippen LogP contribution in [0.5, 0.6) is 11.5 Å². The number of ether oxygens (including phenoxy) is 3. The quantitative estimate of drug-likeness (QED) is 0.428. The Bertz CT molecular complexity index is 997. The summed E-state index contributed by atoms with van der Waals surface area (Å²) >= 11 is 0. The minimum absolute atomic E-state index is 0.0221. The van der Waals surface area contributed by atoms with E-state index in [1.54, 1.807) is 56.5 Å². The van der Waals surface area contributed by atoms with Crippen LogP contribution in [0, 0.1) is 6.92 Å². The summed E-state index contributed by atoms with van der Waals surface area (Å²) in [7, 11) is 4.60. The second kappa shape index (κ2) is 9.00. The fourth-order valence-electron chi connectivity index (χ4n) is 3.69. The van der Waals surface area contributed by atoms with Gasteiger partial charge in [-0.3, -0.25) is 9.59 Å². The van der Waals surface area contributed by atoms with Crippen LogP contribution in [0.1, 0.15) is 22.7 Å². The number of aryl methyl sites for hydroxylation is 1. The van der Waals surface area contributed by atoms with E-state index in [0.717, 1.165) is 0 Å². The van der Waals surface area contributed by atoms with Gasteiger partial charge in [-0.05, 0) is 36.8 Å². The summed E-state index contributed by atoms with van der Waals surface area (Å²) in [5.41, 5.74) is 1.81. The molecule has 7 nitrogen and oxygen atoms in total. The number of Topliss-reactive ketones (excluding diaryl/α,β-unsaturated/α-hetero) is 1. The van der Waals surface area contributed by atoms with Crippen molar-refractivity contribution in [1.82, 2.24) is 4.90 Å². The Morgan fingerprint density at radius 3 is 2.43 bits per heavy atom. The molecule has 0 aromatic heterocycles. The summed E-state index contributed by atoms with van der Waals surface area (Å²) in [5.74, 6) is -0.509. The number of aliphatic hydroxyl groups excluding tert-OH is 1. The van der Waals surface area contributed by atoms with Gasteiger partial charge in [-0.25, -0.2) is 0 Å². The molecule has 1 saturated heterocycles. The molecule has 1 aliphatic heterocycles. The molecule has 1 heterocycles. The molecule has 2 aromatic carbocycles. The first-order valence-corrected chi connectivity index (χ1v) is 9.49. The molecule has 3 rings (SSSR count). The van der Waals surface area contributed by atoms with E-state index in [1.807, 2.05) is 0 Å². The smallest absolute Gasteiger partial charge is 0.295 e. The number of carbonyl (C=O) groups excluding carboxylic acids is 2. The summed E-state index contributed by atoms with van der Waals surface area (Å²) in [6.07, 6.45) is 0. The Morgan fingerprint density at radius 2 is 1.80 bits per heavy atom. The molecular weight excluding hydrogens is 386 g/mol. The van der Waals surface area contributed by atoms with Crippen molar-refractivity contribution in [2.45, 2.75) is 13.0 Å². The maximum atomic E-state index is 13.0. The van der Waals surface area contributed by atoms with Gasteiger partial charge in [0, 0.05) is 24.8 Å². The summed E-state index contributed by atoms with van der Waals surface area (Å²) in [6, 6.07) is 11.5. The Balaban J connectivity index is 2.22. The number of carbonyl (C=O) groups is 2. The van der Waals surface area contributed by atoms with Crippen LogP contribution in [-0.2, 0) is 14.3 Å². The van der Waals surface area contributed by atoms with E-state index < -0.39 is 17.7 Å². The fraction of sp³-hybridized carbons (Fsp3) is 0.304. The molecule has 0 bridgehead atoms. The van der Waals surface area contributed by atoms with Crippen molar-refractivity contribution >= 4 is 17.4 Å². The average molecular weight is 411 g/mol. The predicted molar refractivity (Wildman–Crippen MR) is 112 cm³/mol. The molecule has 0 aliphatic carbocycles. The van der Waals surface area contributed by atoms with Crippen molar-refractivity contribution in [2.24, 2.45) is 0 Å². The average Bonchev–Trinajstić information content (AvgIpc) is 3.01. The molecular formula is C23H25NO6. The van der Waals surface area contributed by atoms with Crippen molar-refractivity contribution < 1.29 is 28.9 Å². The number of rotatable bonds is 7. The monoisotopic (exact) mass is 411 g/mol. The number of ketones is 1. The largest absolute Gasteiger partial charge is 0.507 e. The van der Waals surface area contributed by atoms with Gasteiger partial charge in [-0.1, -0.05) is 18.2 Å². The fourth-order valence-corrected chi connectivity index (χ4v) is 3.69. The normalized spacial score (nSPS) is 18.0. The van der Waals surface area contributed by atoms with Crippen LogP contribution in [0.3, 0.4) is 0 Å². The lowest BCUT2D eigenvalue weighted by Crippen LogP contribution is -2.32. The minimum atomic E-state index is -0.794. The summed E-state index contributed by atoms with van der Waals surface area (Å²) in [4.78, 5) is 27.2. The maximum absolute atomic E-state index is 13.0. The first-order valence-electron chi connectivity index (χ1n) is 9.49. The number of benzene rings is 2. The lowest BCUT2D eigenvalue weighted by atomic mass is 9.93. The van der Waals surface area contributed by atoms with Crippen molar-refractivity contribution in [3.63, 3.8) is 0 Å². The summed E-state index contributed by atoms with van der Waals surface area (Å²) in [5, 5.41) is 11.2. The topological polar surface area (TPSA) is 85.3 Å². The molecule has 2 aromatic rings. The van der Waals surface area contributed by atoms with Crippen molar-refractivity contribution in [2.75, 3.05) is 34.5 Å². The molecule has 1 aliphatic rings. The van der Waals surface area contributed by atoms with Crippen LogP contribution < -0.4 is 9.47 Å². The predicted octanol–water partition coefficient (Wildman–Crippen LogP) is 3.08. The first kappa shape index (κ1) is 21.4. The first-order chi connectivity index (χ1) is 14.4. The lowest BCUT2D eigenvalue weighted by Gasteiger charge is -2.26. The number of hydrogen-bond donors (Lipinski definition) is 1. The van der Waals surface area contributed by atoms with Gasteiger partial charge in [0.25, 0.3) is 11.7 Å². The lowest BCUT2D eigenvalue weighted by molar-refractivity contribution is -0.140. The van der Waals surface area contributed by atoms with Crippen LogP contribution in [0.2, 0.25) is 0 Å². The van der Waals surface area contributed by atoms with E-state index >= 15 is 0 Å². The number of aliphatic hydroxyl groups is 1. The van der Waals surface area contributed by atoms with Gasteiger partial charge in [-0.2, -0.15) is 0 Å². The standard InChI is InChI=1S/C23H25NO6/c1-14-13-15(29-3)9-10-16(14)21(25)19-20(17-7-5-6-8-18(17)30-4)24(11-12-28-2)23(27)22(19)26/h5-10,13,20,25H,11-12H2,1-4H3/b21-19+/t20-/m0/s1. The molecule has 1 atom stereocenters. The van der Waals surface area contributed by atoms with Gasteiger partial charge < -0.3 is 24.2 Å². The molecule has 158 valence electrons. The molecule has 1 N–H and O–H groups in total. The van der Waals surface area contributed by atoms with Crippen LogP contribution >= 0.6 is 0 Å². The second-order valence-electron chi connectivity index (χ2n) is 6.91. The van der Waals surface area contributed by atoms with Crippen molar-refractivity contribution in [3.8, 4) is 11.5 Å². The van der Waals surface area contributed by atoms with Gasteiger partial charge in [0.05, 0.1) is 32.4 Å². The maximum Gasteiger partial charge on any atom is 0.295 e. The van der Waals surface area contributed by atoms with Crippen LogP contribution in [0.4, 0.5) is 0 Å². The van der Waals surface area contributed by atoms with Gasteiger partial charge in [0.1, 0.15) is 17.3 Å². The summed E-state index contributed by atoms with van der Waals surface area (Å²) in [6.45, 7) is 2.25. The molecule has 1 amide bonds.